The van der Waals surface area contributed by atoms with Crippen LogP contribution in [0.1, 0.15) is 107 Å². The third-order valence-corrected chi connectivity index (χ3v) is 10.6. The molecule has 0 radical (unpaired) electrons. The van der Waals surface area contributed by atoms with Crippen LogP contribution < -0.4 is 37.6 Å². The Morgan fingerprint density at radius 2 is 1.08 bits per heavy atom. The minimum atomic E-state index is -1.50. The SMILES string of the molecule is CC(C)C[C@H](NC(=O)[C@H](CO)NC(=O)[C@@H]1CCCN1C(=O)[C@@H](NC(=O)[C@H](C)NC(=O)[C@@H]1CCCN1C(=O)[C@H](CC(C)C)NC(=O)[C@@H](N)CC(C)C)C(C)C)C(=O)NCC(=O)O. The molecular formula is C41H71N9O11. The fraction of sp³-hybridized carbons (Fsp3) is 0.780. The molecule has 10 N–H and O–H groups in total. The monoisotopic (exact) mass is 866 g/mol. The van der Waals surface area contributed by atoms with Gasteiger partial charge >= 0.3 is 5.97 Å². The second-order valence-corrected chi connectivity index (χ2v) is 17.8. The topological polar surface area (TPSA) is 299 Å². The molecule has 61 heavy (non-hydrogen) atoms. The maximum Gasteiger partial charge on any atom is 0.322 e. The van der Waals surface area contributed by atoms with Crippen LogP contribution in [0.2, 0.25) is 0 Å². The highest BCUT2D eigenvalue weighted by Crippen LogP contribution is 2.23. The number of nitrogens with zero attached hydrogens (tertiary/aromatic N) is 2. The van der Waals surface area contributed by atoms with Crippen LogP contribution in [-0.4, -0.2) is 148 Å². The lowest BCUT2D eigenvalue weighted by molar-refractivity contribution is -0.144. The number of carboxylic acids is 1. The van der Waals surface area contributed by atoms with E-state index in [2.05, 4.69) is 31.9 Å². The molecule has 0 bridgehead atoms. The number of likely N-dealkylation sites (tertiary alicyclic amines) is 2. The van der Waals surface area contributed by atoms with Crippen LogP contribution in [-0.2, 0) is 43.2 Å². The summed E-state index contributed by atoms with van der Waals surface area (Å²) < 4.78 is 0. The van der Waals surface area contributed by atoms with E-state index in [1.54, 1.807) is 27.7 Å². The van der Waals surface area contributed by atoms with E-state index in [0.717, 1.165) is 0 Å². The number of hydrogen-bond acceptors (Lipinski definition) is 11. The summed E-state index contributed by atoms with van der Waals surface area (Å²) in [5.74, 6) is -6.67. The van der Waals surface area contributed by atoms with Gasteiger partial charge in [-0.2, -0.15) is 0 Å². The summed E-state index contributed by atoms with van der Waals surface area (Å²) in [6.07, 6.45) is 2.43. The van der Waals surface area contributed by atoms with Crippen molar-refractivity contribution in [2.75, 3.05) is 26.2 Å². The lowest BCUT2D eigenvalue weighted by Gasteiger charge is -2.32. The lowest BCUT2D eigenvalue weighted by Crippen LogP contribution is -2.60. The van der Waals surface area contributed by atoms with Crippen LogP contribution in [0.15, 0.2) is 0 Å². The van der Waals surface area contributed by atoms with E-state index in [-0.39, 0.29) is 43.7 Å². The molecule has 0 aromatic rings. The molecule has 0 unspecified atom stereocenters. The van der Waals surface area contributed by atoms with Gasteiger partial charge in [0.2, 0.25) is 47.3 Å². The summed E-state index contributed by atoms with van der Waals surface area (Å²) in [4.78, 5) is 121. The van der Waals surface area contributed by atoms with Crippen molar-refractivity contribution in [2.24, 2.45) is 29.4 Å². The van der Waals surface area contributed by atoms with Gasteiger partial charge in [0.05, 0.1) is 12.6 Å². The van der Waals surface area contributed by atoms with Crippen LogP contribution in [0, 0.1) is 23.7 Å². The Labute approximate surface area is 359 Å². The Balaban J connectivity index is 2.12. The van der Waals surface area contributed by atoms with Gasteiger partial charge in [-0.25, -0.2) is 0 Å². The zero-order valence-corrected chi connectivity index (χ0v) is 37.2. The van der Waals surface area contributed by atoms with Crippen LogP contribution in [0.5, 0.6) is 0 Å². The van der Waals surface area contributed by atoms with Gasteiger partial charge in [-0.1, -0.05) is 55.4 Å². The van der Waals surface area contributed by atoms with Crippen LogP contribution in [0.25, 0.3) is 0 Å². The molecule has 0 saturated carbocycles. The molecule has 0 aromatic heterocycles. The fourth-order valence-corrected chi connectivity index (χ4v) is 7.46. The zero-order valence-electron chi connectivity index (χ0n) is 37.2. The largest absolute Gasteiger partial charge is 0.480 e. The van der Waals surface area contributed by atoms with Crippen molar-refractivity contribution in [3.05, 3.63) is 0 Å². The van der Waals surface area contributed by atoms with Gasteiger partial charge in [0.15, 0.2) is 0 Å². The minimum Gasteiger partial charge on any atom is -0.480 e. The van der Waals surface area contributed by atoms with Gasteiger partial charge < -0.3 is 57.6 Å². The highest BCUT2D eigenvalue weighted by Gasteiger charge is 2.42. The molecule has 2 aliphatic rings. The van der Waals surface area contributed by atoms with Crippen molar-refractivity contribution in [1.82, 2.24) is 41.7 Å². The summed E-state index contributed by atoms with van der Waals surface area (Å²) in [7, 11) is 0. The lowest BCUT2D eigenvalue weighted by atomic mass is 10.00. The molecule has 0 spiro atoms. The minimum absolute atomic E-state index is 0.0442. The van der Waals surface area contributed by atoms with Gasteiger partial charge in [-0.05, 0) is 75.5 Å². The molecule has 2 heterocycles. The molecule has 0 aliphatic carbocycles. The Morgan fingerprint density at radius 3 is 1.57 bits per heavy atom. The van der Waals surface area contributed by atoms with Crippen LogP contribution >= 0.6 is 0 Å². The molecule has 2 rings (SSSR count). The molecule has 8 atom stereocenters. The maximum absolute atomic E-state index is 14.0. The molecule has 8 amide bonds. The fourth-order valence-electron chi connectivity index (χ4n) is 7.46. The van der Waals surface area contributed by atoms with Crippen molar-refractivity contribution < 1.29 is 53.4 Å². The smallest absolute Gasteiger partial charge is 0.322 e. The van der Waals surface area contributed by atoms with Crippen molar-refractivity contribution in [2.45, 2.75) is 156 Å². The molecular weight excluding hydrogens is 795 g/mol. The number of amides is 8. The molecule has 20 nitrogen and oxygen atoms in total. The molecule has 0 aromatic carbocycles. The normalized spacial score (nSPS) is 19.5. The van der Waals surface area contributed by atoms with Crippen LogP contribution in [0.4, 0.5) is 0 Å². The van der Waals surface area contributed by atoms with Crippen LogP contribution in [0.3, 0.4) is 0 Å². The van der Waals surface area contributed by atoms with Crippen molar-refractivity contribution in [3.8, 4) is 0 Å². The first kappa shape index (κ1) is 52.3. The number of rotatable bonds is 23. The second kappa shape index (κ2) is 24.6. The molecule has 2 aliphatic heterocycles. The molecule has 346 valence electrons. The van der Waals surface area contributed by atoms with E-state index in [9.17, 15) is 48.3 Å². The third-order valence-electron chi connectivity index (χ3n) is 10.6. The van der Waals surface area contributed by atoms with Gasteiger partial charge in [-0.15, -0.1) is 0 Å². The summed E-state index contributed by atoms with van der Waals surface area (Å²) in [6, 6.07) is -8.55. The highest BCUT2D eigenvalue weighted by atomic mass is 16.4. The number of aliphatic carboxylic acids is 1. The standard InChI is InChI=1S/C41H71N9O11/c1-21(2)16-26(42)35(55)46-28(18-23(5)6)40(60)49-14-10-12-30(49)38(58)44-25(9)34(54)48-33(24(7)8)41(61)50-15-11-13-31(50)39(59)47-29(20-51)37(57)45-27(17-22(3)4)36(56)43-19-32(52)53/h21-31,33,51H,10-20,42H2,1-9H3,(H,43,56)(H,44,58)(H,45,57)(H,46,55)(H,47,59)(H,48,54)(H,52,53)/t25-,26-,27-,28-,29-,30-,31-,33-/m0/s1. The summed E-state index contributed by atoms with van der Waals surface area (Å²) in [5.41, 5.74) is 6.09. The molecule has 2 saturated heterocycles. The summed E-state index contributed by atoms with van der Waals surface area (Å²) >= 11 is 0. The first-order chi connectivity index (χ1) is 28.5. The van der Waals surface area contributed by atoms with E-state index in [0.29, 0.717) is 32.1 Å². The zero-order chi connectivity index (χ0) is 46.3. The van der Waals surface area contributed by atoms with E-state index in [1.807, 2.05) is 27.7 Å². The van der Waals surface area contributed by atoms with Gasteiger partial charge in [-0.3, -0.25) is 43.2 Å². The molecule has 20 heteroatoms. The Hall–Kier alpha value is -4.85. The van der Waals surface area contributed by atoms with E-state index in [1.165, 1.54) is 16.7 Å². The van der Waals surface area contributed by atoms with Gasteiger partial charge in [0.1, 0.15) is 48.8 Å². The summed E-state index contributed by atoms with van der Waals surface area (Å²) in [5, 5.41) is 34.3. The van der Waals surface area contributed by atoms with Gasteiger partial charge in [0.25, 0.3) is 0 Å². The average molecular weight is 866 g/mol. The quantitative estimate of drug-likeness (QED) is 0.0581. The Bertz CT molecular complexity index is 1570. The van der Waals surface area contributed by atoms with Gasteiger partial charge in [0, 0.05) is 13.1 Å². The number of nitrogens with two attached hydrogens (primary N) is 1. The Kier molecular flexibility index (Phi) is 21.0. The Morgan fingerprint density at radius 1 is 0.590 bits per heavy atom. The van der Waals surface area contributed by atoms with Crippen molar-refractivity contribution in [1.29, 1.82) is 0 Å². The predicted octanol–water partition coefficient (Wildman–Crippen LogP) is -1.27. The average Bonchev–Trinajstić information content (AvgIpc) is 3.87. The molecule has 2 fully saturated rings. The maximum atomic E-state index is 14.0. The van der Waals surface area contributed by atoms with E-state index in [4.69, 9.17) is 10.8 Å². The highest BCUT2D eigenvalue weighted by molar-refractivity contribution is 5.98. The first-order valence-electron chi connectivity index (χ1n) is 21.5. The third kappa shape index (κ3) is 16.2. The van der Waals surface area contributed by atoms with Crippen molar-refractivity contribution >= 4 is 53.2 Å². The first-order valence-corrected chi connectivity index (χ1v) is 21.5. The van der Waals surface area contributed by atoms with Crippen molar-refractivity contribution in [3.63, 3.8) is 0 Å². The predicted molar refractivity (Wildman–Crippen MR) is 224 cm³/mol. The number of hydrogen-bond donors (Lipinski definition) is 9. The number of aliphatic hydroxyl groups excluding tert-OH is 1. The van der Waals surface area contributed by atoms with E-state index < -0.39 is 121 Å². The number of aliphatic hydroxyl groups is 1. The number of carbonyl (C=O) groups is 9. The number of nitrogens with one attached hydrogen (secondary N) is 6. The second-order valence-electron chi connectivity index (χ2n) is 17.8. The van der Waals surface area contributed by atoms with E-state index >= 15 is 0 Å². The number of carboxylic acid groups (broad SMARTS) is 1. The number of carbonyl (C=O) groups excluding carboxylic acids is 8. The summed E-state index contributed by atoms with van der Waals surface area (Å²) in [6.45, 7) is 15.1.